The van der Waals surface area contributed by atoms with Crippen LogP contribution in [-0.4, -0.2) is 30.6 Å². The quantitative estimate of drug-likeness (QED) is 0.810. The summed E-state index contributed by atoms with van der Waals surface area (Å²) in [5, 5.41) is 9.90. The Bertz CT molecular complexity index is 325. The van der Waals surface area contributed by atoms with Gasteiger partial charge in [-0.15, -0.1) is 0 Å². The van der Waals surface area contributed by atoms with Crippen LogP contribution in [0.4, 0.5) is 0 Å². The second-order valence-electron chi connectivity index (χ2n) is 4.78. The number of rotatable bonds is 4. The first-order chi connectivity index (χ1) is 7.10. The molecule has 15 heavy (non-hydrogen) atoms. The average Bonchev–Trinajstić information content (AvgIpc) is 2.96. The number of benzene rings is 1. The van der Waals surface area contributed by atoms with Crippen LogP contribution in [0.15, 0.2) is 24.3 Å². The largest absolute Gasteiger partial charge is 0.385 e. The molecule has 0 spiro atoms. The van der Waals surface area contributed by atoms with E-state index in [1.165, 1.54) is 5.56 Å². The molecule has 0 amide bonds. The highest BCUT2D eigenvalue weighted by atomic mass is 16.3. The summed E-state index contributed by atoms with van der Waals surface area (Å²) in [6.07, 6.45) is 2.92. The van der Waals surface area contributed by atoms with Crippen molar-refractivity contribution in [1.29, 1.82) is 0 Å². The van der Waals surface area contributed by atoms with Gasteiger partial charge in [0.1, 0.15) is 0 Å². The topological polar surface area (TPSA) is 23.5 Å². The van der Waals surface area contributed by atoms with Crippen LogP contribution < -0.4 is 0 Å². The van der Waals surface area contributed by atoms with Gasteiger partial charge >= 0.3 is 0 Å². The zero-order valence-electron chi connectivity index (χ0n) is 9.53. The third-order valence-electron chi connectivity index (χ3n) is 3.06. The lowest BCUT2D eigenvalue weighted by molar-refractivity contribution is 0.151. The van der Waals surface area contributed by atoms with Gasteiger partial charge in [0.05, 0.1) is 5.60 Å². The molecule has 0 atom stereocenters. The Labute approximate surface area is 91.5 Å². The van der Waals surface area contributed by atoms with Crippen molar-refractivity contribution >= 4 is 0 Å². The van der Waals surface area contributed by atoms with E-state index in [1.54, 1.807) is 0 Å². The van der Waals surface area contributed by atoms with Gasteiger partial charge in [-0.1, -0.05) is 24.3 Å². The van der Waals surface area contributed by atoms with Crippen LogP contribution >= 0.6 is 0 Å². The molecule has 0 aliphatic heterocycles. The fourth-order valence-electron chi connectivity index (χ4n) is 1.74. The van der Waals surface area contributed by atoms with E-state index in [1.807, 2.05) is 0 Å². The van der Waals surface area contributed by atoms with Crippen molar-refractivity contribution < 1.29 is 5.11 Å². The Morgan fingerprint density at radius 3 is 2.27 bits per heavy atom. The van der Waals surface area contributed by atoms with Gasteiger partial charge in [0.2, 0.25) is 0 Å². The Morgan fingerprint density at radius 1 is 1.20 bits per heavy atom. The molecule has 1 N–H and O–H groups in total. The summed E-state index contributed by atoms with van der Waals surface area (Å²) in [6.45, 7) is 1.07. The smallest absolute Gasteiger partial charge is 0.0899 e. The van der Waals surface area contributed by atoms with Crippen molar-refractivity contribution in [2.45, 2.75) is 24.9 Å². The Hall–Kier alpha value is -0.860. The molecule has 0 aromatic heterocycles. The van der Waals surface area contributed by atoms with E-state index in [9.17, 15) is 5.11 Å². The van der Waals surface area contributed by atoms with Gasteiger partial charge in [-0.3, -0.25) is 0 Å². The first kappa shape index (κ1) is 10.7. The van der Waals surface area contributed by atoms with Crippen LogP contribution in [0, 0.1) is 0 Å². The van der Waals surface area contributed by atoms with E-state index in [-0.39, 0.29) is 0 Å². The van der Waals surface area contributed by atoms with E-state index < -0.39 is 5.60 Å². The van der Waals surface area contributed by atoms with E-state index >= 15 is 0 Å². The van der Waals surface area contributed by atoms with Crippen LogP contribution in [0.3, 0.4) is 0 Å². The van der Waals surface area contributed by atoms with Crippen LogP contribution in [0.5, 0.6) is 0 Å². The molecule has 82 valence electrons. The summed E-state index contributed by atoms with van der Waals surface area (Å²) in [6, 6.07) is 8.40. The zero-order chi connectivity index (χ0) is 10.9. The summed E-state index contributed by atoms with van der Waals surface area (Å²) in [4.78, 5) is 2.18. The molecule has 1 aliphatic carbocycles. The molecule has 2 nitrogen and oxygen atoms in total. The van der Waals surface area contributed by atoms with Crippen molar-refractivity contribution in [3.05, 3.63) is 35.4 Å². The fraction of sp³-hybridized carbons (Fsp3) is 0.538. The highest BCUT2D eigenvalue weighted by molar-refractivity contribution is 5.30. The van der Waals surface area contributed by atoms with Crippen molar-refractivity contribution in [3.8, 4) is 0 Å². The molecule has 0 saturated heterocycles. The lowest BCUT2D eigenvalue weighted by Gasteiger charge is -2.11. The fourth-order valence-corrected chi connectivity index (χ4v) is 1.74. The molecule has 2 heteroatoms. The molecule has 0 bridgehead atoms. The van der Waals surface area contributed by atoms with E-state index in [2.05, 4.69) is 43.3 Å². The zero-order valence-corrected chi connectivity index (χ0v) is 9.53. The first-order valence-electron chi connectivity index (χ1n) is 5.57. The highest BCUT2D eigenvalue weighted by Gasteiger charge is 2.41. The van der Waals surface area contributed by atoms with E-state index in [4.69, 9.17) is 0 Å². The SMILES string of the molecule is CN(C)CCc1ccc(C2(O)CC2)cc1. The lowest BCUT2D eigenvalue weighted by atomic mass is 10.0. The van der Waals surface area contributed by atoms with E-state index in [0.717, 1.165) is 31.4 Å². The Kier molecular flexibility index (Phi) is 2.81. The highest BCUT2D eigenvalue weighted by Crippen LogP contribution is 2.45. The standard InChI is InChI=1S/C13H19NO/c1-14(2)10-7-11-3-5-12(6-4-11)13(15)8-9-13/h3-6,15H,7-10H2,1-2H3. The minimum Gasteiger partial charge on any atom is -0.385 e. The molecular formula is C13H19NO. The van der Waals surface area contributed by atoms with Gasteiger partial charge < -0.3 is 10.0 Å². The predicted octanol–water partition coefficient (Wildman–Crippen LogP) is 1.77. The summed E-state index contributed by atoms with van der Waals surface area (Å²) in [7, 11) is 4.17. The molecule has 0 unspecified atom stereocenters. The summed E-state index contributed by atoms with van der Waals surface area (Å²) < 4.78 is 0. The van der Waals surface area contributed by atoms with Crippen LogP contribution in [0.2, 0.25) is 0 Å². The number of nitrogens with zero attached hydrogens (tertiary/aromatic N) is 1. The monoisotopic (exact) mass is 205 g/mol. The van der Waals surface area contributed by atoms with E-state index in [0.29, 0.717) is 0 Å². The molecule has 1 saturated carbocycles. The number of hydrogen-bond acceptors (Lipinski definition) is 2. The van der Waals surface area contributed by atoms with Crippen molar-refractivity contribution in [1.82, 2.24) is 4.90 Å². The third kappa shape index (κ3) is 2.58. The van der Waals surface area contributed by atoms with Crippen LogP contribution in [-0.2, 0) is 12.0 Å². The summed E-state index contributed by atoms with van der Waals surface area (Å²) in [5.74, 6) is 0. The van der Waals surface area contributed by atoms with Gasteiger partial charge in [0.25, 0.3) is 0 Å². The molecule has 1 aromatic rings. The summed E-state index contributed by atoms with van der Waals surface area (Å²) >= 11 is 0. The molecule has 2 rings (SSSR count). The van der Waals surface area contributed by atoms with Gasteiger partial charge in [-0.05, 0) is 44.5 Å². The molecular weight excluding hydrogens is 186 g/mol. The van der Waals surface area contributed by atoms with Crippen molar-refractivity contribution in [2.24, 2.45) is 0 Å². The maximum atomic E-state index is 9.90. The van der Waals surface area contributed by atoms with Gasteiger partial charge in [-0.2, -0.15) is 0 Å². The lowest BCUT2D eigenvalue weighted by Crippen LogP contribution is -2.15. The minimum absolute atomic E-state index is 0.486. The van der Waals surface area contributed by atoms with Gasteiger partial charge in [-0.25, -0.2) is 0 Å². The molecule has 0 heterocycles. The maximum Gasteiger partial charge on any atom is 0.0899 e. The third-order valence-corrected chi connectivity index (χ3v) is 3.06. The number of aliphatic hydroxyl groups is 1. The first-order valence-corrected chi connectivity index (χ1v) is 5.57. The van der Waals surface area contributed by atoms with Gasteiger partial charge in [0.15, 0.2) is 0 Å². The van der Waals surface area contributed by atoms with Crippen LogP contribution in [0.1, 0.15) is 24.0 Å². The Morgan fingerprint density at radius 2 is 1.80 bits per heavy atom. The summed E-state index contributed by atoms with van der Waals surface area (Å²) in [5.41, 5.74) is 1.94. The molecule has 1 aromatic carbocycles. The second-order valence-corrected chi connectivity index (χ2v) is 4.78. The number of likely N-dealkylation sites (N-methyl/N-ethyl adjacent to an activating group) is 1. The molecule has 0 radical (unpaired) electrons. The normalized spacial score (nSPS) is 18.1. The molecule has 1 aliphatic rings. The van der Waals surface area contributed by atoms with Crippen molar-refractivity contribution in [3.63, 3.8) is 0 Å². The van der Waals surface area contributed by atoms with Crippen molar-refractivity contribution in [2.75, 3.05) is 20.6 Å². The maximum absolute atomic E-state index is 9.90. The predicted molar refractivity (Wildman–Crippen MR) is 61.8 cm³/mol. The minimum atomic E-state index is -0.486. The van der Waals surface area contributed by atoms with Gasteiger partial charge in [0, 0.05) is 6.54 Å². The second kappa shape index (κ2) is 3.95. The van der Waals surface area contributed by atoms with Crippen LogP contribution in [0.25, 0.3) is 0 Å². The molecule has 1 fully saturated rings. The number of hydrogen-bond donors (Lipinski definition) is 1. The Balaban J connectivity index is 1.98. The average molecular weight is 205 g/mol.